The molecule has 0 radical (unpaired) electrons. The molecule has 1 rings (SSSR count). The number of rotatable bonds is 3. The topological polar surface area (TPSA) is 38.3 Å². The van der Waals surface area contributed by atoms with Crippen LogP contribution >= 0.6 is 22.6 Å². The van der Waals surface area contributed by atoms with Crippen LogP contribution in [0.3, 0.4) is 0 Å². The molecule has 1 amide bonds. The lowest BCUT2D eigenvalue weighted by atomic mass is 10.3. The molecule has 1 aromatic rings. The Morgan fingerprint density at radius 2 is 2.13 bits per heavy atom. The highest BCUT2D eigenvalue weighted by molar-refractivity contribution is 14.1. The SMILES string of the molecule is CC(=O)Nc1ccc(I)cc1OC(C)C. The van der Waals surface area contributed by atoms with Crippen LogP contribution in [-0.2, 0) is 4.79 Å². The van der Waals surface area contributed by atoms with Crippen molar-refractivity contribution in [2.24, 2.45) is 0 Å². The summed E-state index contributed by atoms with van der Waals surface area (Å²) < 4.78 is 6.69. The number of hydrogen-bond acceptors (Lipinski definition) is 2. The van der Waals surface area contributed by atoms with Gasteiger partial charge in [-0.25, -0.2) is 0 Å². The van der Waals surface area contributed by atoms with Gasteiger partial charge < -0.3 is 10.1 Å². The summed E-state index contributed by atoms with van der Waals surface area (Å²) in [5, 5.41) is 2.74. The molecule has 0 fully saturated rings. The van der Waals surface area contributed by atoms with Gasteiger partial charge in [0.05, 0.1) is 11.8 Å². The van der Waals surface area contributed by atoms with E-state index in [2.05, 4.69) is 27.9 Å². The van der Waals surface area contributed by atoms with E-state index in [0.717, 1.165) is 9.26 Å². The maximum Gasteiger partial charge on any atom is 0.221 e. The van der Waals surface area contributed by atoms with Crippen LogP contribution in [0.2, 0.25) is 0 Å². The summed E-state index contributed by atoms with van der Waals surface area (Å²) in [6.45, 7) is 5.39. The van der Waals surface area contributed by atoms with Gasteiger partial charge in [-0.15, -0.1) is 0 Å². The monoisotopic (exact) mass is 319 g/mol. The summed E-state index contributed by atoms with van der Waals surface area (Å²) in [6, 6.07) is 5.69. The Hall–Kier alpha value is -0.780. The van der Waals surface area contributed by atoms with E-state index in [-0.39, 0.29) is 12.0 Å². The number of anilines is 1. The molecule has 82 valence electrons. The molecule has 0 saturated carbocycles. The van der Waals surface area contributed by atoms with E-state index < -0.39 is 0 Å². The zero-order chi connectivity index (χ0) is 11.4. The van der Waals surface area contributed by atoms with Gasteiger partial charge in [0, 0.05) is 10.5 Å². The molecule has 0 heterocycles. The van der Waals surface area contributed by atoms with E-state index in [1.165, 1.54) is 6.92 Å². The number of hydrogen-bond donors (Lipinski definition) is 1. The first-order valence-electron chi connectivity index (χ1n) is 4.73. The van der Waals surface area contributed by atoms with Crippen LogP contribution in [0, 0.1) is 3.57 Å². The van der Waals surface area contributed by atoms with Crippen molar-refractivity contribution in [3.8, 4) is 5.75 Å². The van der Waals surface area contributed by atoms with Crippen LogP contribution < -0.4 is 10.1 Å². The van der Waals surface area contributed by atoms with Gasteiger partial charge in [-0.1, -0.05) is 0 Å². The Kier molecular flexibility index (Phi) is 4.38. The second-order valence-corrected chi connectivity index (χ2v) is 4.73. The first-order chi connectivity index (χ1) is 6.99. The number of amides is 1. The molecule has 0 spiro atoms. The van der Waals surface area contributed by atoms with Crippen LogP contribution in [0.5, 0.6) is 5.75 Å². The standard InChI is InChI=1S/C11H14INO2/c1-7(2)15-11-6-9(12)4-5-10(11)13-8(3)14/h4-7H,1-3H3,(H,13,14). The van der Waals surface area contributed by atoms with Gasteiger partial charge in [0.1, 0.15) is 5.75 Å². The molecule has 0 aliphatic carbocycles. The van der Waals surface area contributed by atoms with Crippen molar-refractivity contribution in [3.05, 3.63) is 21.8 Å². The number of ether oxygens (including phenoxy) is 1. The van der Waals surface area contributed by atoms with Crippen LogP contribution in [0.15, 0.2) is 18.2 Å². The summed E-state index contributed by atoms with van der Waals surface area (Å²) in [7, 11) is 0. The highest BCUT2D eigenvalue weighted by atomic mass is 127. The number of carbonyl (C=O) groups is 1. The Labute approximate surface area is 103 Å². The predicted molar refractivity (Wildman–Crippen MR) is 69.2 cm³/mol. The molecule has 1 N–H and O–H groups in total. The summed E-state index contributed by atoms with van der Waals surface area (Å²) >= 11 is 2.21. The van der Waals surface area contributed by atoms with Crippen molar-refractivity contribution < 1.29 is 9.53 Å². The van der Waals surface area contributed by atoms with Crippen LogP contribution in [-0.4, -0.2) is 12.0 Å². The van der Waals surface area contributed by atoms with Gasteiger partial charge in [-0.05, 0) is 54.6 Å². The minimum Gasteiger partial charge on any atom is -0.489 e. The smallest absolute Gasteiger partial charge is 0.221 e. The Morgan fingerprint density at radius 3 is 2.67 bits per heavy atom. The lowest BCUT2D eigenvalue weighted by Gasteiger charge is -2.14. The fraction of sp³-hybridized carbons (Fsp3) is 0.364. The predicted octanol–water partition coefficient (Wildman–Crippen LogP) is 3.04. The molecule has 15 heavy (non-hydrogen) atoms. The molecule has 0 aliphatic rings. The molecule has 0 aliphatic heterocycles. The molecular formula is C11H14INO2. The van der Waals surface area contributed by atoms with Gasteiger partial charge in [0.15, 0.2) is 0 Å². The first-order valence-corrected chi connectivity index (χ1v) is 5.80. The Bertz CT molecular complexity index is 364. The number of nitrogens with one attached hydrogen (secondary N) is 1. The molecule has 0 atom stereocenters. The lowest BCUT2D eigenvalue weighted by molar-refractivity contribution is -0.114. The fourth-order valence-corrected chi connectivity index (χ4v) is 1.60. The zero-order valence-corrected chi connectivity index (χ0v) is 11.2. The largest absolute Gasteiger partial charge is 0.489 e. The molecule has 0 unspecified atom stereocenters. The third-order valence-corrected chi connectivity index (χ3v) is 2.29. The molecule has 0 aromatic heterocycles. The molecule has 0 bridgehead atoms. The fourth-order valence-electron chi connectivity index (χ4n) is 1.14. The van der Waals surface area contributed by atoms with Gasteiger partial charge in [0.2, 0.25) is 5.91 Å². The first kappa shape index (κ1) is 12.3. The van der Waals surface area contributed by atoms with Crippen LogP contribution in [0.4, 0.5) is 5.69 Å². The van der Waals surface area contributed by atoms with Crippen molar-refractivity contribution in [2.45, 2.75) is 26.9 Å². The van der Waals surface area contributed by atoms with E-state index in [9.17, 15) is 4.79 Å². The highest BCUT2D eigenvalue weighted by Gasteiger charge is 2.07. The van der Waals surface area contributed by atoms with Crippen molar-refractivity contribution >= 4 is 34.2 Å². The van der Waals surface area contributed by atoms with Gasteiger partial charge in [-0.2, -0.15) is 0 Å². The van der Waals surface area contributed by atoms with E-state index >= 15 is 0 Å². The third kappa shape index (κ3) is 4.07. The average molecular weight is 319 g/mol. The Morgan fingerprint density at radius 1 is 1.47 bits per heavy atom. The highest BCUT2D eigenvalue weighted by Crippen LogP contribution is 2.27. The summed E-state index contributed by atoms with van der Waals surface area (Å²) in [5.74, 6) is 0.622. The quantitative estimate of drug-likeness (QED) is 0.870. The lowest BCUT2D eigenvalue weighted by Crippen LogP contribution is -2.11. The van der Waals surface area contributed by atoms with Gasteiger partial charge in [0.25, 0.3) is 0 Å². The van der Waals surface area contributed by atoms with Crippen molar-refractivity contribution in [1.29, 1.82) is 0 Å². The third-order valence-electron chi connectivity index (χ3n) is 1.62. The summed E-state index contributed by atoms with van der Waals surface area (Å²) in [5.41, 5.74) is 0.719. The summed E-state index contributed by atoms with van der Waals surface area (Å²) in [6.07, 6.45) is 0.0932. The Balaban J connectivity index is 2.97. The molecular weight excluding hydrogens is 305 g/mol. The van der Waals surface area contributed by atoms with Crippen molar-refractivity contribution in [2.75, 3.05) is 5.32 Å². The minimum atomic E-state index is -0.0928. The second-order valence-electron chi connectivity index (χ2n) is 3.49. The van der Waals surface area contributed by atoms with E-state index in [1.54, 1.807) is 0 Å². The molecule has 0 saturated heterocycles. The van der Waals surface area contributed by atoms with Crippen molar-refractivity contribution in [3.63, 3.8) is 0 Å². The maximum atomic E-state index is 11.0. The van der Waals surface area contributed by atoms with E-state index in [1.807, 2.05) is 32.0 Å². The van der Waals surface area contributed by atoms with Crippen LogP contribution in [0.25, 0.3) is 0 Å². The van der Waals surface area contributed by atoms with Crippen LogP contribution in [0.1, 0.15) is 20.8 Å². The normalized spacial score (nSPS) is 10.2. The van der Waals surface area contributed by atoms with Gasteiger partial charge in [-0.3, -0.25) is 4.79 Å². The number of benzene rings is 1. The summed E-state index contributed by atoms with van der Waals surface area (Å²) in [4.78, 5) is 11.0. The van der Waals surface area contributed by atoms with Gasteiger partial charge >= 0.3 is 0 Å². The molecule has 1 aromatic carbocycles. The van der Waals surface area contributed by atoms with E-state index in [0.29, 0.717) is 5.75 Å². The minimum absolute atomic E-state index is 0.0928. The van der Waals surface area contributed by atoms with E-state index in [4.69, 9.17) is 4.74 Å². The maximum absolute atomic E-state index is 11.0. The number of halogens is 1. The second kappa shape index (κ2) is 5.34. The zero-order valence-electron chi connectivity index (χ0n) is 9.00. The average Bonchev–Trinajstić information content (AvgIpc) is 2.08. The molecule has 4 heteroatoms. The van der Waals surface area contributed by atoms with Crippen molar-refractivity contribution in [1.82, 2.24) is 0 Å². The number of carbonyl (C=O) groups excluding carboxylic acids is 1. The molecule has 3 nitrogen and oxygen atoms in total.